The summed E-state index contributed by atoms with van der Waals surface area (Å²) in [7, 11) is 0. The zero-order valence-corrected chi connectivity index (χ0v) is 11.0. The van der Waals surface area contributed by atoms with Crippen LogP contribution in [-0.4, -0.2) is 17.1 Å². The first-order chi connectivity index (χ1) is 9.47. The summed E-state index contributed by atoms with van der Waals surface area (Å²) in [5.74, 6) is -2.34. The lowest BCUT2D eigenvalue weighted by molar-refractivity contribution is -0.136. The van der Waals surface area contributed by atoms with Gasteiger partial charge in [-0.05, 0) is 31.1 Å². The lowest BCUT2D eigenvalue weighted by Crippen LogP contribution is -2.26. The first-order valence-corrected chi connectivity index (χ1v) is 6.27. The molecule has 5 heteroatoms. The third-order valence-electron chi connectivity index (χ3n) is 3.17. The van der Waals surface area contributed by atoms with Gasteiger partial charge in [0.25, 0.3) is 0 Å². The van der Waals surface area contributed by atoms with Gasteiger partial charge in [-0.1, -0.05) is 23.8 Å². The third kappa shape index (κ3) is 3.23. The number of hydrogen-bond acceptors (Lipinski definition) is 2. The lowest BCUT2D eigenvalue weighted by atomic mass is 9.92. The normalized spacial score (nSPS) is 18.2. The van der Waals surface area contributed by atoms with Crippen molar-refractivity contribution in [1.29, 1.82) is 0 Å². The van der Waals surface area contributed by atoms with Gasteiger partial charge in [0, 0.05) is 0 Å². The number of allylic oxidation sites excluding steroid dienone is 2. The van der Waals surface area contributed by atoms with Crippen molar-refractivity contribution in [3.05, 3.63) is 53.1 Å². The summed E-state index contributed by atoms with van der Waals surface area (Å²) in [6, 6.07) is 3.20. The standard InChI is InChI=1S/C15H15F2NO2/c1-9-5-6-13(10(7-9)8-14(19)20)18-15-11(16)3-2-4-12(15)17/h2-5,7,13,18H,6,8H2,1H3,(H,19,20). The van der Waals surface area contributed by atoms with E-state index in [0.29, 0.717) is 12.0 Å². The number of halogens is 2. The minimum atomic E-state index is -0.966. The molecule has 0 aliphatic heterocycles. The Balaban J connectivity index is 2.24. The second-order valence-corrected chi connectivity index (χ2v) is 4.77. The number of para-hydroxylation sites is 1. The molecule has 0 aromatic heterocycles. The van der Waals surface area contributed by atoms with Crippen molar-refractivity contribution < 1.29 is 18.7 Å². The van der Waals surface area contributed by atoms with Crippen LogP contribution in [0, 0.1) is 11.6 Å². The van der Waals surface area contributed by atoms with Crippen LogP contribution in [0.4, 0.5) is 14.5 Å². The van der Waals surface area contributed by atoms with Crippen LogP contribution in [-0.2, 0) is 4.79 Å². The highest BCUT2D eigenvalue weighted by molar-refractivity contribution is 5.71. The summed E-state index contributed by atoms with van der Waals surface area (Å²) < 4.78 is 27.2. The Morgan fingerprint density at radius 1 is 1.40 bits per heavy atom. The van der Waals surface area contributed by atoms with Gasteiger partial charge in [0.1, 0.15) is 17.3 Å². The Labute approximate surface area is 115 Å². The molecule has 1 aromatic carbocycles. The average Bonchev–Trinajstić information content (AvgIpc) is 2.35. The Kier molecular flexibility index (Phi) is 4.17. The fourth-order valence-corrected chi connectivity index (χ4v) is 2.22. The van der Waals surface area contributed by atoms with E-state index in [0.717, 1.165) is 17.7 Å². The van der Waals surface area contributed by atoms with Crippen molar-refractivity contribution in [3.8, 4) is 0 Å². The van der Waals surface area contributed by atoms with Gasteiger partial charge in [0.15, 0.2) is 0 Å². The number of anilines is 1. The van der Waals surface area contributed by atoms with E-state index in [1.54, 1.807) is 6.08 Å². The zero-order chi connectivity index (χ0) is 14.7. The summed E-state index contributed by atoms with van der Waals surface area (Å²) in [4.78, 5) is 10.9. The molecule has 1 unspecified atom stereocenters. The van der Waals surface area contributed by atoms with Crippen LogP contribution < -0.4 is 5.32 Å². The molecule has 1 aliphatic rings. The van der Waals surface area contributed by atoms with E-state index in [1.165, 1.54) is 6.07 Å². The van der Waals surface area contributed by atoms with Gasteiger partial charge >= 0.3 is 5.97 Å². The van der Waals surface area contributed by atoms with Crippen molar-refractivity contribution in [2.75, 3.05) is 5.32 Å². The van der Waals surface area contributed by atoms with Crippen LogP contribution in [0.25, 0.3) is 0 Å². The second kappa shape index (κ2) is 5.86. The van der Waals surface area contributed by atoms with Gasteiger partial charge in [-0.15, -0.1) is 0 Å². The lowest BCUT2D eigenvalue weighted by Gasteiger charge is -2.25. The predicted octanol–water partition coefficient (Wildman–Crippen LogP) is 3.50. The van der Waals surface area contributed by atoms with Crippen LogP contribution in [0.2, 0.25) is 0 Å². The minimum Gasteiger partial charge on any atom is -0.481 e. The van der Waals surface area contributed by atoms with Gasteiger partial charge in [0.05, 0.1) is 12.5 Å². The Hall–Kier alpha value is -2.17. The smallest absolute Gasteiger partial charge is 0.307 e. The SMILES string of the molecule is CC1=CCC(Nc2c(F)cccc2F)C(CC(=O)O)=C1. The number of carbonyl (C=O) groups is 1. The summed E-state index contributed by atoms with van der Waals surface area (Å²) in [5.41, 5.74) is 1.34. The van der Waals surface area contributed by atoms with Crippen LogP contribution in [0.3, 0.4) is 0 Å². The van der Waals surface area contributed by atoms with Crippen molar-refractivity contribution in [3.63, 3.8) is 0 Å². The van der Waals surface area contributed by atoms with E-state index in [4.69, 9.17) is 5.11 Å². The Morgan fingerprint density at radius 2 is 2.05 bits per heavy atom. The van der Waals surface area contributed by atoms with E-state index in [9.17, 15) is 13.6 Å². The molecule has 1 aliphatic carbocycles. The largest absolute Gasteiger partial charge is 0.481 e. The number of hydrogen-bond donors (Lipinski definition) is 2. The molecule has 0 bridgehead atoms. The van der Waals surface area contributed by atoms with Gasteiger partial charge < -0.3 is 10.4 Å². The van der Waals surface area contributed by atoms with Crippen LogP contribution in [0.1, 0.15) is 19.8 Å². The fourth-order valence-electron chi connectivity index (χ4n) is 2.22. The highest BCUT2D eigenvalue weighted by Crippen LogP contribution is 2.27. The molecule has 106 valence electrons. The number of carboxylic acids is 1. The monoisotopic (exact) mass is 279 g/mol. The van der Waals surface area contributed by atoms with Crippen LogP contribution in [0.15, 0.2) is 41.5 Å². The molecule has 1 aromatic rings. The predicted molar refractivity (Wildman–Crippen MR) is 72.5 cm³/mol. The van der Waals surface area contributed by atoms with E-state index >= 15 is 0 Å². The van der Waals surface area contributed by atoms with E-state index in [2.05, 4.69) is 5.32 Å². The molecule has 1 atom stereocenters. The maximum Gasteiger partial charge on any atom is 0.307 e. The Bertz CT molecular complexity index is 573. The fraction of sp³-hybridized carbons (Fsp3) is 0.267. The highest BCUT2D eigenvalue weighted by Gasteiger charge is 2.21. The van der Waals surface area contributed by atoms with Crippen LogP contribution in [0.5, 0.6) is 0 Å². The van der Waals surface area contributed by atoms with Crippen LogP contribution >= 0.6 is 0 Å². The third-order valence-corrected chi connectivity index (χ3v) is 3.17. The molecule has 20 heavy (non-hydrogen) atoms. The van der Waals surface area contributed by atoms with E-state index in [1.807, 2.05) is 13.0 Å². The maximum absolute atomic E-state index is 13.6. The molecule has 3 nitrogen and oxygen atoms in total. The summed E-state index contributed by atoms with van der Waals surface area (Å²) >= 11 is 0. The van der Waals surface area contributed by atoms with Crippen molar-refractivity contribution in [2.24, 2.45) is 0 Å². The molecule has 2 rings (SSSR count). The summed E-state index contributed by atoms with van der Waals surface area (Å²) in [6.07, 6.45) is 3.99. The number of aliphatic carboxylic acids is 1. The quantitative estimate of drug-likeness (QED) is 0.887. The van der Waals surface area contributed by atoms with E-state index in [-0.39, 0.29) is 12.1 Å². The van der Waals surface area contributed by atoms with E-state index < -0.39 is 23.6 Å². The molecule has 0 saturated heterocycles. The minimum absolute atomic E-state index is 0.154. The number of rotatable bonds is 4. The zero-order valence-electron chi connectivity index (χ0n) is 11.0. The first-order valence-electron chi connectivity index (χ1n) is 6.27. The number of carboxylic acid groups (broad SMARTS) is 1. The molecular weight excluding hydrogens is 264 g/mol. The molecule has 2 N–H and O–H groups in total. The molecular formula is C15H15F2NO2. The highest BCUT2D eigenvalue weighted by atomic mass is 19.1. The van der Waals surface area contributed by atoms with Crippen molar-refractivity contribution >= 4 is 11.7 Å². The maximum atomic E-state index is 13.6. The molecule has 0 radical (unpaired) electrons. The van der Waals surface area contributed by atoms with Gasteiger partial charge in [0.2, 0.25) is 0 Å². The number of benzene rings is 1. The molecule has 0 heterocycles. The summed E-state index contributed by atoms with van der Waals surface area (Å²) in [6.45, 7) is 1.86. The second-order valence-electron chi connectivity index (χ2n) is 4.77. The van der Waals surface area contributed by atoms with Crippen molar-refractivity contribution in [1.82, 2.24) is 0 Å². The number of nitrogens with one attached hydrogen (secondary N) is 1. The average molecular weight is 279 g/mol. The Morgan fingerprint density at radius 3 is 2.65 bits per heavy atom. The first kappa shape index (κ1) is 14.2. The topological polar surface area (TPSA) is 49.3 Å². The van der Waals surface area contributed by atoms with Crippen molar-refractivity contribution in [2.45, 2.75) is 25.8 Å². The summed E-state index contributed by atoms with van der Waals surface area (Å²) in [5, 5.41) is 11.7. The molecule has 0 fully saturated rings. The molecule has 0 saturated carbocycles. The van der Waals surface area contributed by atoms with Gasteiger partial charge in [-0.3, -0.25) is 4.79 Å². The van der Waals surface area contributed by atoms with Gasteiger partial charge in [-0.25, -0.2) is 8.78 Å². The molecule has 0 amide bonds. The van der Waals surface area contributed by atoms with Gasteiger partial charge in [-0.2, -0.15) is 0 Å². The molecule has 0 spiro atoms.